The number of benzene rings is 12. The van der Waals surface area contributed by atoms with Crippen LogP contribution in [0.2, 0.25) is 0 Å². The summed E-state index contributed by atoms with van der Waals surface area (Å²) in [5.74, 6) is 0. The number of hydrogen-bond acceptors (Lipinski definition) is 0. The summed E-state index contributed by atoms with van der Waals surface area (Å²) in [5.41, 5.74) is 12.0. The summed E-state index contributed by atoms with van der Waals surface area (Å²) in [6.07, 6.45) is 0. The molecule has 0 aliphatic carbocycles. The minimum Gasteiger partial charge on any atom is -0.353 e. The first-order valence-corrected chi connectivity index (χ1v) is 21.2. The monoisotopic (exact) mass is 771 g/mol. The first-order valence-electron chi connectivity index (χ1n) is 21.2. The van der Waals surface area contributed by atoms with Crippen molar-refractivity contribution in [2.75, 3.05) is 0 Å². The van der Waals surface area contributed by atoms with E-state index in [1.165, 1.54) is 120 Å². The van der Waals surface area contributed by atoms with E-state index in [-0.39, 0.29) is 0 Å². The molecular formula is C60H37N. The normalized spacial score (nSPS) is 11.9. The van der Waals surface area contributed by atoms with Crippen LogP contribution in [0.15, 0.2) is 218 Å². The third kappa shape index (κ3) is 4.83. The lowest BCUT2D eigenvalue weighted by Gasteiger charge is -2.22. The second-order valence-electron chi connectivity index (χ2n) is 16.3. The van der Waals surface area contributed by atoms with Gasteiger partial charge in [0.05, 0.1) is 11.0 Å². The van der Waals surface area contributed by atoms with Crippen LogP contribution in [0, 0.1) is 0 Å². The summed E-state index contributed by atoms with van der Waals surface area (Å²) >= 11 is 0. The quantitative estimate of drug-likeness (QED) is 0.172. The fourth-order valence-electron chi connectivity index (χ4n) is 10.8. The lowest BCUT2D eigenvalue weighted by Crippen LogP contribution is -1.94. The summed E-state index contributed by atoms with van der Waals surface area (Å²) in [6, 6.07) is 80.5. The Kier molecular flexibility index (Phi) is 7.37. The Labute approximate surface area is 352 Å². The molecule has 282 valence electrons. The molecule has 1 heteroatoms. The summed E-state index contributed by atoms with van der Waals surface area (Å²) in [5, 5.41) is 17.6. The van der Waals surface area contributed by atoms with E-state index in [9.17, 15) is 0 Å². The van der Waals surface area contributed by atoms with Gasteiger partial charge in [-0.1, -0.05) is 218 Å². The Hall–Kier alpha value is -8.00. The van der Waals surface area contributed by atoms with Gasteiger partial charge in [-0.2, -0.15) is 0 Å². The van der Waals surface area contributed by atoms with Crippen LogP contribution in [-0.2, 0) is 0 Å². The van der Waals surface area contributed by atoms with E-state index in [1.807, 2.05) is 0 Å². The Balaban J connectivity index is 1.45. The van der Waals surface area contributed by atoms with E-state index >= 15 is 0 Å². The summed E-state index contributed by atoms with van der Waals surface area (Å²) in [7, 11) is 0. The Morgan fingerprint density at radius 1 is 0.180 bits per heavy atom. The van der Waals surface area contributed by atoms with Crippen LogP contribution in [-0.4, -0.2) is 4.98 Å². The van der Waals surface area contributed by atoms with Crippen molar-refractivity contribution in [3.05, 3.63) is 218 Å². The molecule has 0 atom stereocenters. The molecule has 13 rings (SSSR count). The Bertz CT molecular complexity index is 3630. The van der Waals surface area contributed by atoms with E-state index in [0.717, 1.165) is 11.0 Å². The second kappa shape index (κ2) is 13.3. The van der Waals surface area contributed by atoms with Crippen molar-refractivity contribution in [3.8, 4) is 44.5 Å². The zero-order chi connectivity index (χ0) is 40.0. The van der Waals surface area contributed by atoms with Gasteiger partial charge in [0, 0.05) is 43.8 Å². The zero-order valence-corrected chi connectivity index (χ0v) is 33.3. The molecule has 0 unspecified atom stereocenters. The highest BCUT2D eigenvalue weighted by atomic mass is 14.7. The topological polar surface area (TPSA) is 15.8 Å². The average Bonchev–Trinajstić information content (AvgIpc) is 3.73. The first-order chi connectivity index (χ1) is 30.3. The van der Waals surface area contributed by atoms with Crippen LogP contribution >= 0.6 is 0 Å². The number of H-pyrrole nitrogens is 1. The number of rotatable bonds is 4. The van der Waals surface area contributed by atoms with Gasteiger partial charge < -0.3 is 4.98 Å². The molecular weight excluding hydrogens is 735 g/mol. The first kappa shape index (κ1) is 33.9. The molecule has 1 N–H and O–H groups in total. The van der Waals surface area contributed by atoms with Crippen LogP contribution in [0.3, 0.4) is 0 Å². The van der Waals surface area contributed by atoms with Crippen molar-refractivity contribution in [1.29, 1.82) is 0 Å². The third-order valence-electron chi connectivity index (χ3n) is 13.1. The third-order valence-corrected chi connectivity index (χ3v) is 13.1. The molecule has 0 bridgehead atoms. The maximum absolute atomic E-state index is 4.34. The molecule has 13 aromatic rings. The van der Waals surface area contributed by atoms with E-state index < -0.39 is 0 Å². The summed E-state index contributed by atoms with van der Waals surface area (Å²) in [6.45, 7) is 0. The fraction of sp³-hybridized carbons (Fsp3) is 0. The smallest absolute Gasteiger partial charge is 0.0558 e. The molecule has 1 nitrogen and oxygen atoms in total. The van der Waals surface area contributed by atoms with Crippen LogP contribution in [0.25, 0.3) is 131 Å². The Morgan fingerprint density at radius 3 is 0.672 bits per heavy atom. The van der Waals surface area contributed by atoms with Gasteiger partial charge in [-0.05, 0) is 76.1 Å². The van der Waals surface area contributed by atoms with E-state index in [1.54, 1.807) is 0 Å². The standard InChI is InChI=1S/C60H37N/c1-5-21-37(22-6-1)49-53-45-33-17-13-29-41(45)43-31-15-19-35-47(43)55(53)51(39-25-9-3-10-26-39)59-57(49)58-50(38-23-7-2-8-24-38)54-46-34-18-14-30-42(46)44-32-16-20-36-48(44)56(54)52(60(58)61-59)40-27-11-4-12-28-40/h1-36,61H. The van der Waals surface area contributed by atoms with E-state index in [2.05, 4.69) is 223 Å². The number of aromatic amines is 1. The van der Waals surface area contributed by atoms with Crippen molar-refractivity contribution in [2.45, 2.75) is 0 Å². The van der Waals surface area contributed by atoms with Gasteiger partial charge in [-0.3, -0.25) is 0 Å². The van der Waals surface area contributed by atoms with Crippen LogP contribution < -0.4 is 0 Å². The average molecular weight is 772 g/mol. The molecule has 0 fully saturated rings. The number of hydrogen-bond donors (Lipinski definition) is 1. The largest absolute Gasteiger partial charge is 0.353 e. The van der Waals surface area contributed by atoms with E-state index in [0.29, 0.717) is 0 Å². The number of aromatic nitrogens is 1. The second-order valence-corrected chi connectivity index (χ2v) is 16.3. The van der Waals surface area contributed by atoms with Gasteiger partial charge in [0.2, 0.25) is 0 Å². The highest BCUT2D eigenvalue weighted by molar-refractivity contribution is 6.44. The fourth-order valence-corrected chi connectivity index (χ4v) is 10.8. The SMILES string of the molecule is c1ccc(-c2c3[nH]c4c(-c5ccccc5)c5c6ccccc6c6ccccc6c5c(-c5ccccc5)c4c3c(-c3ccccc3)c3c4ccccc4c4ccccc4c23)cc1. The number of fused-ring (bicyclic) bond motifs is 15. The predicted molar refractivity (Wildman–Crippen MR) is 263 cm³/mol. The summed E-state index contributed by atoms with van der Waals surface area (Å²) in [4.78, 5) is 4.34. The minimum atomic E-state index is 1.14. The molecule has 12 aromatic carbocycles. The molecule has 1 aromatic heterocycles. The van der Waals surface area contributed by atoms with Crippen molar-refractivity contribution < 1.29 is 0 Å². The van der Waals surface area contributed by atoms with Crippen LogP contribution in [0.1, 0.15) is 0 Å². The van der Waals surface area contributed by atoms with Crippen LogP contribution in [0.5, 0.6) is 0 Å². The van der Waals surface area contributed by atoms with E-state index in [4.69, 9.17) is 0 Å². The van der Waals surface area contributed by atoms with Gasteiger partial charge in [-0.15, -0.1) is 0 Å². The van der Waals surface area contributed by atoms with Crippen molar-refractivity contribution >= 4 is 86.4 Å². The number of nitrogens with one attached hydrogen (secondary N) is 1. The van der Waals surface area contributed by atoms with Gasteiger partial charge >= 0.3 is 0 Å². The van der Waals surface area contributed by atoms with Gasteiger partial charge in [-0.25, -0.2) is 0 Å². The molecule has 0 saturated carbocycles. The highest BCUT2D eigenvalue weighted by Gasteiger charge is 2.29. The molecule has 0 aliphatic heterocycles. The maximum Gasteiger partial charge on any atom is 0.0558 e. The lowest BCUT2D eigenvalue weighted by atomic mass is 9.80. The van der Waals surface area contributed by atoms with Crippen molar-refractivity contribution in [2.24, 2.45) is 0 Å². The maximum atomic E-state index is 4.34. The minimum absolute atomic E-state index is 1.14. The highest BCUT2D eigenvalue weighted by Crippen LogP contribution is 2.56. The van der Waals surface area contributed by atoms with Crippen molar-refractivity contribution in [1.82, 2.24) is 4.98 Å². The predicted octanol–water partition coefficient (Wildman–Crippen LogP) is 16.9. The zero-order valence-electron chi connectivity index (χ0n) is 33.3. The molecule has 0 aliphatic rings. The molecule has 0 spiro atoms. The van der Waals surface area contributed by atoms with Gasteiger partial charge in [0.1, 0.15) is 0 Å². The molecule has 0 amide bonds. The molecule has 61 heavy (non-hydrogen) atoms. The molecule has 0 radical (unpaired) electrons. The lowest BCUT2D eigenvalue weighted by molar-refractivity contribution is 1.54. The molecule has 1 heterocycles. The van der Waals surface area contributed by atoms with Crippen molar-refractivity contribution in [3.63, 3.8) is 0 Å². The molecule has 0 saturated heterocycles. The van der Waals surface area contributed by atoms with Gasteiger partial charge in [0.15, 0.2) is 0 Å². The summed E-state index contributed by atoms with van der Waals surface area (Å²) < 4.78 is 0. The Morgan fingerprint density at radius 2 is 0.393 bits per heavy atom. The van der Waals surface area contributed by atoms with Gasteiger partial charge in [0.25, 0.3) is 0 Å². The van der Waals surface area contributed by atoms with Crippen LogP contribution in [0.4, 0.5) is 0 Å².